The van der Waals surface area contributed by atoms with Gasteiger partial charge in [0.1, 0.15) is 5.52 Å². The highest BCUT2D eigenvalue weighted by Gasteiger charge is 2.45. The second-order valence-corrected chi connectivity index (χ2v) is 6.29. The number of hydrogen-bond acceptors (Lipinski definition) is 5. The lowest BCUT2D eigenvalue weighted by molar-refractivity contribution is 0.380. The van der Waals surface area contributed by atoms with Gasteiger partial charge in [-0.05, 0) is 30.6 Å². The molecular weight excluding hydrogens is 264 g/mol. The van der Waals surface area contributed by atoms with E-state index >= 15 is 0 Å². The lowest BCUT2D eigenvalue weighted by Crippen LogP contribution is -2.21. The Bertz CT molecular complexity index is 614. The second-order valence-electron chi connectivity index (χ2n) is 6.29. The minimum Gasteiger partial charge on any atom is -0.368 e. The Hall–Kier alpha value is -1.85. The van der Waals surface area contributed by atoms with E-state index in [1.54, 1.807) is 6.33 Å². The number of H-pyrrole nitrogens is 1. The summed E-state index contributed by atoms with van der Waals surface area (Å²) in [5.74, 6) is 2.19. The van der Waals surface area contributed by atoms with Gasteiger partial charge in [-0.25, -0.2) is 4.98 Å². The van der Waals surface area contributed by atoms with Crippen LogP contribution in [0.25, 0.3) is 11.2 Å². The van der Waals surface area contributed by atoms with Gasteiger partial charge in [0.25, 0.3) is 0 Å². The van der Waals surface area contributed by atoms with E-state index in [0.29, 0.717) is 22.9 Å². The van der Waals surface area contributed by atoms with Gasteiger partial charge >= 0.3 is 0 Å². The van der Waals surface area contributed by atoms with E-state index in [4.69, 9.17) is 0 Å². The minimum atomic E-state index is 0.439. The fraction of sp³-hybridized carbons (Fsp3) is 0.667. The number of anilines is 2. The van der Waals surface area contributed by atoms with Gasteiger partial charge in [0.05, 0.1) is 6.33 Å². The highest BCUT2D eigenvalue weighted by Crippen LogP contribution is 2.51. The monoisotopic (exact) mass is 288 g/mol. The van der Waals surface area contributed by atoms with Gasteiger partial charge in [-0.1, -0.05) is 20.8 Å². The van der Waals surface area contributed by atoms with Crippen LogP contribution in [0.4, 0.5) is 11.8 Å². The lowest BCUT2D eigenvalue weighted by atomic mass is 9.92. The SMILES string of the molecule is CCCNc1nc(NCC2(C(C)C)CC2)c2[nH]cnc2n1. The summed E-state index contributed by atoms with van der Waals surface area (Å²) in [6.45, 7) is 8.55. The molecule has 1 saturated carbocycles. The van der Waals surface area contributed by atoms with Gasteiger partial charge in [0.15, 0.2) is 11.5 Å². The summed E-state index contributed by atoms with van der Waals surface area (Å²) in [4.78, 5) is 16.4. The number of nitrogens with zero attached hydrogens (tertiary/aromatic N) is 3. The first-order valence-corrected chi connectivity index (χ1v) is 7.83. The van der Waals surface area contributed by atoms with Crippen molar-refractivity contribution in [3.63, 3.8) is 0 Å². The zero-order valence-corrected chi connectivity index (χ0v) is 13.0. The summed E-state index contributed by atoms with van der Waals surface area (Å²) in [5.41, 5.74) is 2.03. The molecule has 0 atom stereocenters. The summed E-state index contributed by atoms with van der Waals surface area (Å²) >= 11 is 0. The van der Waals surface area contributed by atoms with E-state index in [1.807, 2.05) is 0 Å². The van der Waals surface area contributed by atoms with E-state index in [-0.39, 0.29) is 0 Å². The predicted octanol–water partition coefficient (Wildman–Crippen LogP) is 3.02. The van der Waals surface area contributed by atoms with Crippen molar-refractivity contribution >= 4 is 22.9 Å². The fourth-order valence-corrected chi connectivity index (χ4v) is 2.66. The number of fused-ring (bicyclic) bond motifs is 1. The molecule has 21 heavy (non-hydrogen) atoms. The summed E-state index contributed by atoms with van der Waals surface area (Å²) in [7, 11) is 0. The Morgan fingerprint density at radius 2 is 2.10 bits per heavy atom. The highest BCUT2D eigenvalue weighted by atomic mass is 15.2. The molecule has 2 aromatic rings. The van der Waals surface area contributed by atoms with E-state index in [1.165, 1.54) is 12.8 Å². The Morgan fingerprint density at radius 1 is 1.29 bits per heavy atom. The molecule has 6 heteroatoms. The van der Waals surface area contributed by atoms with Crippen LogP contribution in [-0.4, -0.2) is 33.0 Å². The number of nitrogens with one attached hydrogen (secondary N) is 3. The van der Waals surface area contributed by atoms with Gasteiger partial charge in [-0.3, -0.25) is 0 Å². The van der Waals surface area contributed by atoms with Crippen LogP contribution in [0.15, 0.2) is 6.33 Å². The summed E-state index contributed by atoms with van der Waals surface area (Å²) < 4.78 is 0. The molecule has 1 aliphatic carbocycles. The molecule has 3 rings (SSSR count). The van der Waals surface area contributed by atoms with Crippen LogP contribution >= 0.6 is 0 Å². The van der Waals surface area contributed by atoms with E-state index in [0.717, 1.165) is 30.8 Å². The molecule has 1 fully saturated rings. The van der Waals surface area contributed by atoms with Crippen molar-refractivity contribution in [3.8, 4) is 0 Å². The fourth-order valence-electron chi connectivity index (χ4n) is 2.66. The Labute approximate surface area is 125 Å². The molecule has 3 N–H and O–H groups in total. The first-order valence-electron chi connectivity index (χ1n) is 7.83. The van der Waals surface area contributed by atoms with Crippen LogP contribution < -0.4 is 10.6 Å². The summed E-state index contributed by atoms with van der Waals surface area (Å²) in [6, 6.07) is 0. The van der Waals surface area contributed by atoms with E-state index < -0.39 is 0 Å². The van der Waals surface area contributed by atoms with Crippen LogP contribution in [0.5, 0.6) is 0 Å². The van der Waals surface area contributed by atoms with Crippen LogP contribution in [0.3, 0.4) is 0 Å². The number of rotatable bonds is 7. The van der Waals surface area contributed by atoms with E-state index in [9.17, 15) is 0 Å². The van der Waals surface area contributed by atoms with Gasteiger partial charge in [0, 0.05) is 13.1 Å². The quantitative estimate of drug-likeness (QED) is 0.730. The molecule has 0 amide bonds. The van der Waals surface area contributed by atoms with Gasteiger partial charge in [0.2, 0.25) is 5.95 Å². The number of hydrogen-bond donors (Lipinski definition) is 3. The first kappa shape index (κ1) is 14.1. The average Bonchev–Trinajstić information content (AvgIpc) is 3.13. The van der Waals surface area contributed by atoms with Crippen molar-refractivity contribution in [2.24, 2.45) is 11.3 Å². The third-order valence-electron chi connectivity index (χ3n) is 4.54. The highest BCUT2D eigenvalue weighted by molar-refractivity contribution is 5.83. The summed E-state index contributed by atoms with van der Waals surface area (Å²) in [6.07, 6.45) is 5.32. The first-order chi connectivity index (χ1) is 10.1. The number of aromatic nitrogens is 4. The number of imidazole rings is 1. The molecule has 114 valence electrons. The van der Waals surface area contributed by atoms with Crippen molar-refractivity contribution in [1.82, 2.24) is 19.9 Å². The largest absolute Gasteiger partial charge is 0.368 e. The second kappa shape index (κ2) is 5.50. The maximum atomic E-state index is 4.60. The van der Waals surface area contributed by atoms with Gasteiger partial charge in [-0.15, -0.1) is 0 Å². The van der Waals surface area contributed by atoms with Crippen molar-refractivity contribution < 1.29 is 0 Å². The van der Waals surface area contributed by atoms with Gasteiger partial charge in [-0.2, -0.15) is 9.97 Å². The average molecular weight is 288 g/mol. The predicted molar refractivity (Wildman–Crippen MR) is 85.5 cm³/mol. The minimum absolute atomic E-state index is 0.439. The molecule has 0 bridgehead atoms. The van der Waals surface area contributed by atoms with Crippen LogP contribution in [0, 0.1) is 11.3 Å². The molecule has 0 aliphatic heterocycles. The van der Waals surface area contributed by atoms with Crippen LogP contribution in [-0.2, 0) is 0 Å². The van der Waals surface area contributed by atoms with Crippen molar-refractivity contribution in [2.75, 3.05) is 23.7 Å². The zero-order valence-electron chi connectivity index (χ0n) is 13.0. The molecule has 2 aromatic heterocycles. The molecule has 1 aliphatic rings. The molecule has 0 unspecified atom stereocenters. The maximum Gasteiger partial charge on any atom is 0.226 e. The molecule has 0 saturated heterocycles. The molecule has 0 spiro atoms. The standard InChI is InChI=1S/C15H24N6/c1-4-7-16-14-20-12(11-13(21-14)19-9-18-11)17-8-15(5-6-15)10(2)3/h9-10H,4-8H2,1-3H3,(H3,16,17,18,19,20,21). The smallest absolute Gasteiger partial charge is 0.226 e. The topological polar surface area (TPSA) is 78.5 Å². The summed E-state index contributed by atoms with van der Waals surface area (Å²) in [5, 5.41) is 6.75. The van der Waals surface area contributed by atoms with Crippen LogP contribution in [0.2, 0.25) is 0 Å². The van der Waals surface area contributed by atoms with Crippen LogP contribution in [0.1, 0.15) is 40.0 Å². The van der Waals surface area contributed by atoms with Crippen molar-refractivity contribution in [3.05, 3.63) is 6.33 Å². The van der Waals surface area contributed by atoms with E-state index in [2.05, 4.69) is 51.3 Å². The zero-order chi connectivity index (χ0) is 14.9. The Kier molecular flexibility index (Phi) is 3.69. The third kappa shape index (κ3) is 2.80. The molecular formula is C15H24N6. The molecule has 0 radical (unpaired) electrons. The normalized spacial score (nSPS) is 16.4. The third-order valence-corrected chi connectivity index (χ3v) is 4.54. The number of aromatic amines is 1. The molecule has 0 aromatic carbocycles. The Balaban J connectivity index is 1.81. The van der Waals surface area contributed by atoms with Gasteiger partial charge < -0.3 is 15.6 Å². The Morgan fingerprint density at radius 3 is 2.76 bits per heavy atom. The maximum absolute atomic E-state index is 4.60. The lowest BCUT2D eigenvalue weighted by Gasteiger charge is -2.20. The molecule has 2 heterocycles. The molecule has 6 nitrogen and oxygen atoms in total. The van der Waals surface area contributed by atoms with Crippen molar-refractivity contribution in [1.29, 1.82) is 0 Å². The van der Waals surface area contributed by atoms with Crippen molar-refractivity contribution in [2.45, 2.75) is 40.0 Å².